The lowest BCUT2D eigenvalue weighted by Crippen LogP contribution is -2.44. The largest absolute Gasteiger partial charge is 0.360 e. The Morgan fingerprint density at radius 3 is 2.29 bits per heavy atom. The minimum absolute atomic E-state index is 0.0257. The number of nitrogens with zero attached hydrogens (tertiary/aromatic N) is 1. The Hall–Kier alpha value is -2.14. The number of Topliss-reactive ketones (excluding diaryl/α,β-unsaturated/α-hetero) is 1. The fourth-order valence-corrected chi connectivity index (χ4v) is 2.51. The summed E-state index contributed by atoms with van der Waals surface area (Å²) < 4.78 is 5.14. The topological polar surface area (TPSA) is 72.2 Å². The maximum absolute atomic E-state index is 12.7. The van der Waals surface area contributed by atoms with Crippen LogP contribution in [0.15, 0.2) is 35.0 Å². The van der Waals surface area contributed by atoms with Crippen LogP contribution in [-0.2, 0) is 0 Å². The first-order chi connectivity index (χ1) is 11.3. The fraction of sp³-hybridized carbons (Fsp3) is 0.389. The van der Waals surface area contributed by atoms with Gasteiger partial charge in [0.25, 0.3) is 5.91 Å². The van der Waals surface area contributed by atoms with Crippen molar-refractivity contribution in [2.45, 2.75) is 39.7 Å². The Bertz CT molecular complexity index is 720. The van der Waals surface area contributed by atoms with Gasteiger partial charge < -0.3 is 9.84 Å². The SMILES string of the molecule is CC(C)c1oncc1C(=O)NC(C(=O)c1ccc(Cl)cc1)C(C)C. The molecule has 0 fully saturated rings. The molecule has 1 unspecified atom stereocenters. The van der Waals surface area contributed by atoms with Crippen molar-refractivity contribution in [1.29, 1.82) is 0 Å². The molecular formula is C18H21ClN2O3. The second kappa shape index (κ2) is 7.62. The van der Waals surface area contributed by atoms with Crippen molar-refractivity contribution in [3.63, 3.8) is 0 Å². The van der Waals surface area contributed by atoms with Crippen molar-refractivity contribution in [3.05, 3.63) is 52.4 Å². The van der Waals surface area contributed by atoms with Crippen LogP contribution in [0, 0.1) is 5.92 Å². The highest BCUT2D eigenvalue weighted by Gasteiger charge is 2.28. The Kier molecular flexibility index (Phi) is 5.78. The molecule has 0 spiro atoms. The highest BCUT2D eigenvalue weighted by Crippen LogP contribution is 2.20. The van der Waals surface area contributed by atoms with Crippen LogP contribution in [0.2, 0.25) is 5.02 Å². The number of hydrogen-bond acceptors (Lipinski definition) is 4. The van der Waals surface area contributed by atoms with Crippen LogP contribution in [0.5, 0.6) is 0 Å². The molecule has 1 heterocycles. The Morgan fingerprint density at radius 2 is 1.75 bits per heavy atom. The third kappa shape index (κ3) is 4.03. The van der Waals surface area contributed by atoms with Gasteiger partial charge in [-0.2, -0.15) is 0 Å². The van der Waals surface area contributed by atoms with E-state index >= 15 is 0 Å². The van der Waals surface area contributed by atoms with E-state index in [1.807, 2.05) is 27.7 Å². The van der Waals surface area contributed by atoms with Crippen LogP contribution in [0.25, 0.3) is 0 Å². The van der Waals surface area contributed by atoms with E-state index in [0.29, 0.717) is 21.9 Å². The molecule has 1 aromatic carbocycles. The molecule has 0 aliphatic carbocycles. The molecule has 0 saturated carbocycles. The molecule has 24 heavy (non-hydrogen) atoms. The molecule has 128 valence electrons. The van der Waals surface area contributed by atoms with Gasteiger partial charge in [-0.3, -0.25) is 9.59 Å². The number of rotatable bonds is 6. The number of aromatic nitrogens is 1. The summed E-state index contributed by atoms with van der Waals surface area (Å²) in [5, 5.41) is 7.06. The monoisotopic (exact) mass is 348 g/mol. The molecule has 1 atom stereocenters. The number of ketones is 1. The van der Waals surface area contributed by atoms with Crippen LogP contribution >= 0.6 is 11.6 Å². The molecule has 0 saturated heterocycles. The van der Waals surface area contributed by atoms with E-state index in [0.717, 1.165) is 0 Å². The van der Waals surface area contributed by atoms with E-state index in [1.54, 1.807) is 24.3 Å². The Morgan fingerprint density at radius 1 is 1.12 bits per heavy atom. The average Bonchev–Trinajstić information content (AvgIpc) is 3.02. The number of carbonyl (C=O) groups is 2. The third-order valence-corrected chi connectivity index (χ3v) is 3.98. The van der Waals surface area contributed by atoms with Gasteiger partial charge in [-0.1, -0.05) is 44.5 Å². The summed E-state index contributed by atoms with van der Waals surface area (Å²) >= 11 is 5.86. The fourth-order valence-electron chi connectivity index (χ4n) is 2.38. The van der Waals surface area contributed by atoms with Gasteiger partial charge in [0.2, 0.25) is 0 Å². The second-order valence-corrected chi connectivity index (χ2v) is 6.76. The lowest BCUT2D eigenvalue weighted by Gasteiger charge is -2.21. The summed E-state index contributed by atoms with van der Waals surface area (Å²) in [6.07, 6.45) is 1.38. The van der Waals surface area contributed by atoms with Crippen molar-refractivity contribution in [1.82, 2.24) is 10.5 Å². The van der Waals surface area contributed by atoms with Crippen LogP contribution in [0.3, 0.4) is 0 Å². The van der Waals surface area contributed by atoms with Gasteiger partial charge in [-0.25, -0.2) is 0 Å². The summed E-state index contributed by atoms with van der Waals surface area (Å²) in [5.74, 6) is -0.0512. The van der Waals surface area contributed by atoms with Crippen LogP contribution in [0.4, 0.5) is 0 Å². The predicted octanol–water partition coefficient (Wildman–Crippen LogP) is 4.09. The van der Waals surface area contributed by atoms with Crippen molar-refractivity contribution >= 4 is 23.3 Å². The zero-order chi connectivity index (χ0) is 17.9. The van der Waals surface area contributed by atoms with Crippen molar-refractivity contribution < 1.29 is 14.1 Å². The molecule has 1 N–H and O–H groups in total. The first-order valence-corrected chi connectivity index (χ1v) is 8.24. The van der Waals surface area contributed by atoms with E-state index in [-0.39, 0.29) is 23.5 Å². The van der Waals surface area contributed by atoms with Crippen LogP contribution < -0.4 is 5.32 Å². The minimum Gasteiger partial charge on any atom is -0.360 e. The molecule has 5 nitrogen and oxygen atoms in total. The van der Waals surface area contributed by atoms with E-state index in [2.05, 4.69) is 10.5 Å². The van der Waals surface area contributed by atoms with Crippen LogP contribution in [-0.4, -0.2) is 22.9 Å². The quantitative estimate of drug-likeness (QED) is 0.798. The van der Waals surface area contributed by atoms with E-state index in [9.17, 15) is 9.59 Å². The summed E-state index contributed by atoms with van der Waals surface area (Å²) in [6.45, 7) is 7.59. The van der Waals surface area contributed by atoms with Gasteiger partial charge in [0, 0.05) is 16.5 Å². The Labute approximate surface area is 146 Å². The van der Waals surface area contributed by atoms with Gasteiger partial charge >= 0.3 is 0 Å². The van der Waals surface area contributed by atoms with Gasteiger partial charge in [-0.15, -0.1) is 0 Å². The van der Waals surface area contributed by atoms with Gasteiger partial charge in [0.15, 0.2) is 11.5 Å². The molecule has 1 aromatic heterocycles. The van der Waals surface area contributed by atoms with Gasteiger partial charge in [0.05, 0.1) is 12.2 Å². The summed E-state index contributed by atoms with van der Waals surface area (Å²) in [6, 6.07) is 5.99. The minimum atomic E-state index is -0.645. The summed E-state index contributed by atoms with van der Waals surface area (Å²) in [4.78, 5) is 25.3. The van der Waals surface area contributed by atoms with Gasteiger partial charge in [-0.05, 0) is 30.2 Å². The lowest BCUT2D eigenvalue weighted by atomic mass is 9.94. The first-order valence-electron chi connectivity index (χ1n) is 7.86. The molecule has 2 aromatic rings. The highest BCUT2D eigenvalue weighted by molar-refractivity contribution is 6.30. The number of amides is 1. The number of benzene rings is 1. The van der Waals surface area contributed by atoms with E-state index < -0.39 is 6.04 Å². The maximum Gasteiger partial charge on any atom is 0.257 e. The lowest BCUT2D eigenvalue weighted by molar-refractivity contribution is 0.0830. The predicted molar refractivity (Wildman–Crippen MR) is 92.5 cm³/mol. The Balaban J connectivity index is 2.22. The van der Waals surface area contributed by atoms with Crippen molar-refractivity contribution in [3.8, 4) is 0 Å². The number of carbonyl (C=O) groups excluding carboxylic acids is 2. The van der Waals surface area contributed by atoms with Crippen molar-refractivity contribution in [2.75, 3.05) is 0 Å². The zero-order valence-electron chi connectivity index (χ0n) is 14.2. The zero-order valence-corrected chi connectivity index (χ0v) is 14.9. The van der Waals surface area contributed by atoms with E-state index in [4.69, 9.17) is 16.1 Å². The molecule has 0 bridgehead atoms. The summed E-state index contributed by atoms with van der Waals surface area (Å²) in [5.41, 5.74) is 0.868. The number of hydrogen-bond donors (Lipinski definition) is 1. The molecule has 0 aliphatic heterocycles. The molecular weight excluding hydrogens is 328 g/mol. The smallest absolute Gasteiger partial charge is 0.257 e. The van der Waals surface area contributed by atoms with E-state index in [1.165, 1.54) is 6.20 Å². The molecule has 0 aliphatic rings. The number of nitrogens with one attached hydrogen (secondary N) is 1. The first kappa shape index (κ1) is 18.2. The molecule has 6 heteroatoms. The van der Waals surface area contributed by atoms with Crippen molar-refractivity contribution in [2.24, 2.45) is 5.92 Å². The summed E-state index contributed by atoms with van der Waals surface area (Å²) in [7, 11) is 0. The third-order valence-electron chi connectivity index (χ3n) is 3.73. The highest BCUT2D eigenvalue weighted by atomic mass is 35.5. The van der Waals surface area contributed by atoms with Crippen LogP contribution in [0.1, 0.15) is 60.1 Å². The number of halogens is 1. The standard InChI is InChI=1S/C18H21ClN2O3/c1-10(2)15(16(22)12-5-7-13(19)8-6-12)21-18(23)14-9-20-24-17(14)11(3)4/h5-11,15H,1-4H3,(H,21,23). The average molecular weight is 349 g/mol. The molecule has 2 rings (SSSR count). The second-order valence-electron chi connectivity index (χ2n) is 6.32. The normalized spacial score (nSPS) is 12.5. The van der Waals surface area contributed by atoms with Gasteiger partial charge in [0.1, 0.15) is 5.56 Å². The molecule has 0 radical (unpaired) electrons. The maximum atomic E-state index is 12.7. The molecule has 1 amide bonds.